The van der Waals surface area contributed by atoms with Crippen molar-refractivity contribution in [2.24, 2.45) is 0 Å². The summed E-state index contributed by atoms with van der Waals surface area (Å²) in [5.74, 6) is -0.0973. The second-order valence-corrected chi connectivity index (χ2v) is 13.8. The van der Waals surface area contributed by atoms with E-state index < -0.39 is 16.2 Å². The van der Waals surface area contributed by atoms with Gasteiger partial charge in [0, 0.05) is 24.0 Å². The van der Waals surface area contributed by atoms with Crippen LogP contribution in [0.2, 0.25) is 0 Å². The quantitative estimate of drug-likeness (QED) is 0.298. The molecule has 0 fully saturated rings. The largest absolute Gasteiger partial charge is 0.507 e. The number of phenols is 1. The van der Waals surface area contributed by atoms with Crippen molar-refractivity contribution in [2.75, 3.05) is 0 Å². The lowest BCUT2D eigenvalue weighted by atomic mass is 9.65. The minimum Gasteiger partial charge on any atom is -0.507 e. The molecule has 0 atom stereocenters. The molecule has 208 valence electrons. The third-order valence-corrected chi connectivity index (χ3v) is 7.25. The summed E-state index contributed by atoms with van der Waals surface area (Å²) in [7, 11) is 0. The zero-order valence-electron chi connectivity index (χ0n) is 25.4. The van der Waals surface area contributed by atoms with Gasteiger partial charge in [0.25, 0.3) is 0 Å². The Balaban J connectivity index is 2.29. The summed E-state index contributed by atoms with van der Waals surface area (Å²) in [5.41, 5.74) is 3.98. The van der Waals surface area contributed by atoms with Crippen LogP contribution >= 0.6 is 0 Å². The van der Waals surface area contributed by atoms with Gasteiger partial charge in [-0.3, -0.25) is 9.59 Å². The normalized spacial score (nSPS) is 12.4. The number of benzene rings is 3. The van der Waals surface area contributed by atoms with E-state index in [1.54, 1.807) is 0 Å². The van der Waals surface area contributed by atoms with Crippen molar-refractivity contribution in [1.29, 1.82) is 0 Å². The number of hydrogen-bond donors (Lipinski definition) is 1. The summed E-state index contributed by atoms with van der Waals surface area (Å²) in [6.45, 7) is 18.6. The lowest BCUT2D eigenvalue weighted by molar-refractivity contribution is 0.0962. The first-order chi connectivity index (χ1) is 18.0. The highest BCUT2D eigenvalue weighted by molar-refractivity contribution is 6.07. The van der Waals surface area contributed by atoms with E-state index in [2.05, 4.69) is 41.5 Å². The van der Waals surface area contributed by atoms with E-state index in [4.69, 9.17) is 0 Å². The maximum absolute atomic E-state index is 14.2. The minimum atomic E-state index is -0.549. The van der Waals surface area contributed by atoms with Crippen LogP contribution in [0.1, 0.15) is 124 Å². The van der Waals surface area contributed by atoms with Crippen molar-refractivity contribution in [2.45, 2.75) is 104 Å². The molecule has 3 aromatic carbocycles. The smallest absolute Gasteiger partial charge is 0.167 e. The number of carbonyl (C=O) groups excluding carboxylic acids is 2. The molecular formula is C36H46O3. The first kappa shape index (κ1) is 30.3. The third kappa shape index (κ3) is 7.06. The van der Waals surface area contributed by atoms with Crippen molar-refractivity contribution < 1.29 is 14.7 Å². The molecule has 3 aromatic rings. The summed E-state index contributed by atoms with van der Waals surface area (Å²) in [5, 5.41) is 12.0. The molecule has 0 saturated heterocycles. The molecule has 3 rings (SSSR count). The van der Waals surface area contributed by atoms with Crippen LogP contribution in [-0.2, 0) is 29.1 Å². The topological polar surface area (TPSA) is 54.4 Å². The van der Waals surface area contributed by atoms with Gasteiger partial charge in [-0.25, -0.2) is 0 Å². The van der Waals surface area contributed by atoms with Crippen LogP contribution in [0, 0.1) is 0 Å². The SMILES string of the molecule is CC(C)(C)c1c(O)c(C(=O)CCc2ccccc2)c(C(C)(C)C)c(C(C)(C)C)c1C(=O)CCc1ccccc1. The van der Waals surface area contributed by atoms with E-state index in [0.717, 1.165) is 22.3 Å². The van der Waals surface area contributed by atoms with Gasteiger partial charge in [0.15, 0.2) is 11.6 Å². The first-order valence-electron chi connectivity index (χ1n) is 14.1. The molecule has 0 aromatic heterocycles. The fraction of sp³-hybridized carbons (Fsp3) is 0.444. The van der Waals surface area contributed by atoms with E-state index in [1.807, 2.05) is 81.4 Å². The molecule has 0 aliphatic heterocycles. The van der Waals surface area contributed by atoms with Gasteiger partial charge >= 0.3 is 0 Å². The van der Waals surface area contributed by atoms with E-state index in [9.17, 15) is 14.7 Å². The highest BCUT2D eigenvalue weighted by atomic mass is 16.3. The Morgan fingerprint density at radius 1 is 0.538 bits per heavy atom. The molecule has 0 saturated carbocycles. The molecule has 39 heavy (non-hydrogen) atoms. The highest BCUT2D eigenvalue weighted by Gasteiger charge is 2.40. The Bertz CT molecular complexity index is 1310. The van der Waals surface area contributed by atoms with Gasteiger partial charge in [-0.2, -0.15) is 0 Å². The van der Waals surface area contributed by atoms with E-state index >= 15 is 0 Å². The van der Waals surface area contributed by atoms with Gasteiger partial charge in [0.2, 0.25) is 0 Å². The number of aromatic hydroxyl groups is 1. The number of rotatable bonds is 8. The number of aryl methyl sites for hydroxylation is 2. The maximum Gasteiger partial charge on any atom is 0.167 e. The molecule has 0 aliphatic carbocycles. The fourth-order valence-electron chi connectivity index (χ4n) is 5.57. The zero-order chi connectivity index (χ0) is 29.2. The van der Waals surface area contributed by atoms with Gasteiger partial charge in [0.1, 0.15) is 5.75 Å². The number of phenolic OH excluding ortho intramolecular Hbond substituents is 1. The predicted molar refractivity (Wildman–Crippen MR) is 162 cm³/mol. The molecular weight excluding hydrogens is 480 g/mol. The lowest BCUT2D eigenvalue weighted by Crippen LogP contribution is -2.32. The molecule has 3 heteroatoms. The van der Waals surface area contributed by atoms with Crippen molar-refractivity contribution in [3.63, 3.8) is 0 Å². The summed E-state index contributed by atoms with van der Waals surface area (Å²) in [6.07, 6.45) is 1.84. The molecule has 0 bridgehead atoms. The third-order valence-electron chi connectivity index (χ3n) is 7.25. The Morgan fingerprint density at radius 3 is 1.23 bits per heavy atom. The van der Waals surface area contributed by atoms with Gasteiger partial charge < -0.3 is 5.11 Å². The fourth-order valence-corrected chi connectivity index (χ4v) is 5.57. The molecule has 0 amide bonds. The summed E-state index contributed by atoms with van der Waals surface area (Å²) >= 11 is 0. The zero-order valence-corrected chi connectivity index (χ0v) is 25.4. The van der Waals surface area contributed by atoms with Crippen LogP contribution < -0.4 is 0 Å². The standard InChI is InChI=1S/C36H46O3/c1-34(2,3)30-28(26(37)22-20-24-16-12-10-13-17-24)32(36(7,8)9)33(39)29(31(30)35(4,5)6)27(38)23-21-25-18-14-11-15-19-25/h10-19,39H,20-23H2,1-9H3. The number of carbonyl (C=O) groups is 2. The summed E-state index contributed by atoms with van der Waals surface area (Å²) < 4.78 is 0. The van der Waals surface area contributed by atoms with Crippen LogP contribution in [-0.4, -0.2) is 16.7 Å². The van der Waals surface area contributed by atoms with Gasteiger partial charge in [0.05, 0.1) is 5.56 Å². The van der Waals surface area contributed by atoms with Crippen LogP contribution in [0.25, 0.3) is 0 Å². The molecule has 0 radical (unpaired) electrons. The molecule has 0 heterocycles. The Morgan fingerprint density at radius 2 is 0.872 bits per heavy atom. The molecule has 1 N–H and O–H groups in total. The van der Waals surface area contributed by atoms with Gasteiger partial charge in [-0.1, -0.05) is 123 Å². The maximum atomic E-state index is 14.2. The van der Waals surface area contributed by atoms with E-state index in [1.165, 1.54) is 0 Å². The van der Waals surface area contributed by atoms with Crippen LogP contribution in [0.4, 0.5) is 0 Å². The van der Waals surface area contributed by atoms with Crippen molar-refractivity contribution in [3.05, 3.63) is 99.6 Å². The average molecular weight is 527 g/mol. The summed E-state index contributed by atoms with van der Waals surface area (Å²) in [6, 6.07) is 20.0. The number of Topliss-reactive ketones (excluding diaryl/α,β-unsaturated/α-hetero) is 2. The van der Waals surface area contributed by atoms with E-state index in [-0.39, 0.29) is 23.7 Å². The van der Waals surface area contributed by atoms with Crippen molar-refractivity contribution in [3.8, 4) is 5.75 Å². The second kappa shape index (κ2) is 11.5. The van der Waals surface area contributed by atoms with Gasteiger partial charge in [-0.05, 0) is 51.3 Å². The summed E-state index contributed by atoms with van der Waals surface area (Å²) in [4.78, 5) is 28.2. The Labute approximate surface area is 235 Å². The van der Waals surface area contributed by atoms with Gasteiger partial charge in [-0.15, -0.1) is 0 Å². The molecule has 0 unspecified atom stereocenters. The molecule has 3 nitrogen and oxygen atoms in total. The Kier molecular flexibility index (Phi) is 8.95. The monoisotopic (exact) mass is 526 g/mol. The van der Waals surface area contributed by atoms with Crippen molar-refractivity contribution >= 4 is 11.6 Å². The highest BCUT2D eigenvalue weighted by Crippen LogP contribution is 2.48. The predicted octanol–water partition coefficient (Wildman–Crippen LogP) is 8.92. The second-order valence-electron chi connectivity index (χ2n) is 13.8. The molecule has 0 spiro atoms. The van der Waals surface area contributed by atoms with Crippen LogP contribution in [0.3, 0.4) is 0 Å². The number of ketones is 2. The first-order valence-corrected chi connectivity index (χ1v) is 14.1. The Hall–Kier alpha value is -3.20. The van der Waals surface area contributed by atoms with Crippen LogP contribution in [0.5, 0.6) is 5.75 Å². The number of hydrogen-bond acceptors (Lipinski definition) is 3. The van der Waals surface area contributed by atoms with Crippen LogP contribution in [0.15, 0.2) is 60.7 Å². The minimum absolute atomic E-state index is 0.0118. The van der Waals surface area contributed by atoms with Crippen molar-refractivity contribution in [1.82, 2.24) is 0 Å². The van der Waals surface area contributed by atoms with E-state index in [0.29, 0.717) is 36.0 Å². The lowest BCUT2D eigenvalue weighted by Gasteiger charge is -2.38. The molecule has 0 aliphatic rings. The average Bonchev–Trinajstić information content (AvgIpc) is 2.84.